The van der Waals surface area contributed by atoms with E-state index in [1.54, 1.807) is 0 Å². The predicted octanol–water partition coefficient (Wildman–Crippen LogP) is 1.17. The summed E-state index contributed by atoms with van der Waals surface area (Å²) in [5.41, 5.74) is 5.25. The van der Waals surface area contributed by atoms with Crippen LogP contribution in [-0.2, 0) is 0 Å². The molecule has 0 unspecified atom stereocenters. The number of nitrogens with zero attached hydrogens (tertiary/aromatic N) is 1. The van der Waals surface area contributed by atoms with E-state index in [-0.39, 0.29) is 0 Å². The molecule has 3 N–H and O–H groups in total. The Morgan fingerprint density at radius 3 is 3.00 bits per heavy atom. The van der Waals surface area contributed by atoms with Gasteiger partial charge in [0.1, 0.15) is 12.4 Å². The van der Waals surface area contributed by atoms with Gasteiger partial charge in [0.2, 0.25) is 0 Å². The number of nitriles is 1. The minimum absolute atomic E-state index is 0.327. The highest BCUT2D eigenvalue weighted by atomic mass is 16.5. The number of rotatable bonds is 2. The molecule has 0 saturated carbocycles. The van der Waals surface area contributed by atoms with Crippen LogP contribution in [0.2, 0.25) is 0 Å². The lowest BCUT2D eigenvalue weighted by atomic mass is 10.0. The molecule has 1 aliphatic rings. The van der Waals surface area contributed by atoms with E-state index in [1.807, 2.05) is 24.3 Å². The number of benzene rings is 1. The first-order valence-corrected chi connectivity index (χ1v) is 4.64. The van der Waals surface area contributed by atoms with Crippen molar-refractivity contribution in [3.63, 3.8) is 0 Å². The molecule has 2 rings (SSSR count). The molecule has 0 aliphatic carbocycles. The summed E-state index contributed by atoms with van der Waals surface area (Å²) < 4.78 is 5.52. The molecule has 1 aromatic rings. The van der Waals surface area contributed by atoms with Crippen molar-refractivity contribution in [1.29, 1.82) is 5.26 Å². The Balaban J connectivity index is 2.49. The molecule has 4 heteroatoms. The number of hydrogen-bond donors (Lipinski definition) is 2. The molecule has 0 amide bonds. The van der Waals surface area contributed by atoms with Gasteiger partial charge in [0.25, 0.3) is 0 Å². The largest absolute Gasteiger partial charge is 0.488 e. The smallest absolute Gasteiger partial charge is 0.129 e. The third kappa shape index (κ3) is 1.65. The predicted molar refractivity (Wildman–Crippen MR) is 56.4 cm³/mol. The van der Waals surface area contributed by atoms with Crippen molar-refractivity contribution in [1.82, 2.24) is 5.43 Å². The first-order valence-electron chi connectivity index (χ1n) is 4.64. The van der Waals surface area contributed by atoms with Crippen molar-refractivity contribution in [2.45, 2.75) is 6.42 Å². The highest BCUT2D eigenvalue weighted by molar-refractivity contribution is 5.73. The summed E-state index contributed by atoms with van der Waals surface area (Å²) in [5.74, 6) is 6.26. The van der Waals surface area contributed by atoms with Crippen LogP contribution in [0.3, 0.4) is 0 Å². The van der Waals surface area contributed by atoms with Gasteiger partial charge >= 0.3 is 0 Å². The molecule has 0 radical (unpaired) electrons. The average Bonchev–Trinajstić information content (AvgIpc) is 2.29. The topological polar surface area (TPSA) is 71.1 Å². The number of nitrogens with two attached hydrogens (primary N) is 1. The lowest BCUT2D eigenvalue weighted by Gasteiger charge is -2.22. The zero-order chi connectivity index (χ0) is 10.7. The van der Waals surface area contributed by atoms with Gasteiger partial charge in [-0.15, -0.1) is 0 Å². The minimum Gasteiger partial charge on any atom is -0.488 e. The van der Waals surface area contributed by atoms with E-state index in [9.17, 15) is 0 Å². The molecular weight excluding hydrogens is 190 g/mol. The zero-order valence-electron chi connectivity index (χ0n) is 8.16. The van der Waals surface area contributed by atoms with Gasteiger partial charge < -0.3 is 10.2 Å². The second kappa shape index (κ2) is 4.03. The van der Waals surface area contributed by atoms with Crippen LogP contribution in [0.1, 0.15) is 12.0 Å². The SMILES string of the molecule is N#CCC1=C(NN)c2ccccc2OC1. The Morgan fingerprint density at radius 2 is 2.27 bits per heavy atom. The second-order valence-corrected chi connectivity index (χ2v) is 3.24. The van der Waals surface area contributed by atoms with Crippen LogP contribution in [0.25, 0.3) is 5.70 Å². The van der Waals surface area contributed by atoms with Crippen LogP contribution >= 0.6 is 0 Å². The van der Waals surface area contributed by atoms with E-state index in [2.05, 4.69) is 11.5 Å². The molecular formula is C11H11N3O. The number of fused-ring (bicyclic) bond motifs is 1. The van der Waals surface area contributed by atoms with Crippen molar-refractivity contribution >= 4 is 5.70 Å². The van der Waals surface area contributed by atoms with E-state index < -0.39 is 0 Å². The Hall–Kier alpha value is -1.99. The maximum absolute atomic E-state index is 8.67. The van der Waals surface area contributed by atoms with E-state index in [1.165, 1.54) is 0 Å². The number of nitrogens with one attached hydrogen (secondary N) is 1. The number of hydrazine groups is 1. The maximum Gasteiger partial charge on any atom is 0.129 e. The standard InChI is InChI=1S/C11H11N3O/c12-6-5-8-7-15-10-4-2-1-3-9(10)11(8)14-13/h1-4,14H,5,7,13H2. The summed E-state index contributed by atoms with van der Waals surface area (Å²) in [4.78, 5) is 0. The number of hydrogen-bond acceptors (Lipinski definition) is 4. The fourth-order valence-electron chi connectivity index (χ4n) is 1.64. The molecule has 4 nitrogen and oxygen atoms in total. The molecule has 1 aromatic carbocycles. The normalized spacial score (nSPS) is 13.9. The van der Waals surface area contributed by atoms with Gasteiger partial charge in [-0.1, -0.05) is 12.1 Å². The Labute approximate surface area is 87.9 Å². The van der Waals surface area contributed by atoms with Crippen LogP contribution in [0.15, 0.2) is 29.8 Å². The minimum atomic E-state index is 0.327. The van der Waals surface area contributed by atoms with Crippen molar-refractivity contribution in [3.05, 3.63) is 35.4 Å². The van der Waals surface area contributed by atoms with Crippen molar-refractivity contribution in [2.75, 3.05) is 6.61 Å². The monoisotopic (exact) mass is 201 g/mol. The summed E-state index contributed by atoms with van der Waals surface area (Å²) in [6, 6.07) is 9.72. The third-order valence-corrected chi connectivity index (χ3v) is 2.35. The van der Waals surface area contributed by atoms with Crippen LogP contribution in [0.4, 0.5) is 0 Å². The summed E-state index contributed by atoms with van der Waals surface area (Å²) in [6.07, 6.45) is 0.327. The molecule has 0 saturated heterocycles. The molecule has 0 bridgehead atoms. The average molecular weight is 201 g/mol. The first kappa shape index (κ1) is 9.56. The molecule has 0 aromatic heterocycles. The molecule has 15 heavy (non-hydrogen) atoms. The van der Waals surface area contributed by atoms with E-state index in [4.69, 9.17) is 15.8 Å². The fourth-order valence-corrected chi connectivity index (χ4v) is 1.64. The lowest BCUT2D eigenvalue weighted by molar-refractivity contribution is 0.342. The molecule has 1 aliphatic heterocycles. The van der Waals surface area contributed by atoms with Crippen LogP contribution in [0, 0.1) is 11.3 Å². The number of para-hydroxylation sites is 1. The highest BCUT2D eigenvalue weighted by Gasteiger charge is 2.18. The van der Waals surface area contributed by atoms with Gasteiger partial charge in [0.15, 0.2) is 0 Å². The first-order chi connectivity index (χ1) is 7.36. The number of ether oxygens (including phenoxy) is 1. The Morgan fingerprint density at radius 1 is 1.47 bits per heavy atom. The van der Waals surface area contributed by atoms with E-state index in [0.29, 0.717) is 13.0 Å². The van der Waals surface area contributed by atoms with Crippen molar-refractivity contribution < 1.29 is 4.74 Å². The second-order valence-electron chi connectivity index (χ2n) is 3.24. The van der Waals surface area contributed by atoms with Gasteiger partial charge in [-0.3, -0.25) is 5.84 Å². The molecule has 0 atom stereocenters. The fraction of sp³-hybridized carbons (Fsp3) is 0.182. The van der Waals surface area contributed by atoms with Gasteiger partial charge in [0, 0.05) is 11.1 Å². The quantitative estimate of drug-likeness (QED) is 0.556. The highest BCUT2D eigenvalue weighted by Crippen LogP contribution is 2.31. The molecule has 0 spiro atoms. The van der Waals surface area contributed by atoms with Gasteiger partial charge in [-0.25, -0.2) is 0 Å². The molecule has 0 fully saturated rings. The summed E-state index contributed by atoms with van der Waals surface area (Å²) in [6.45, 7) is 0.421. The van der Waals surface area contributed by atoms with Crippen LogP contribution in [-0.4, -0.2) is 6.61 Å². The van der Waals surface area contributed by atoms with Gasteiger partial charge in [-0.05, 0) is 12.1 Å². The van der Waals surface area contributed by atoms with Crippen LogP contribution in [0.5, 0.6) is 5.75 Å². The Bertz CT molecular complexity index is 445. The molecule has 1 heterocycles. The van der Waals surface area contributed by atoms with Gasteiger partial charge in [0.05, 0.1) is 18.2 Å². The molecule has 76 valence electrons. The van der Waals surface area contributed by atoms with Crippen molar-refractivity contribution in [3.8, 4) is 11.8 Å². The third-order valence-electron chi connectivity index (χ3n) is 2.35. The maximum atomic E-state index is 8.67. The lowest BCUT2D eigenvalue weighted by Crippen LogP contribution is -2.26. The van der Waals surface area contributed by atoms with E-state index >= 15 is 0 Å². The van der Waals surface area contributed by atoms with Crippen molar-refractivity contribution in [2.24, 2.45) is 5.84 Å². The van der Waals surface area contributed by atoms with E-state index in [0.717, 1.165) is 22.6 Å². The summed E-state index contributed by atoms with van der Waals surface area (Å²) in [5, 5.41) is 8.67. The van der Waals surface area contributed by atoms with Crippen LogP contribution < -0.4 is 16.0 Å². The zero-order valence-corrected chi connectivity index (χ0v) is 8.16. The summed E-state index contributed by atoms with van der Waals surface area (Å²) >= 11 is 0. The Kier molecular flexibility index (Phi) is 2.57. The van der Waals surface area contributed by atoms with Gasteiger partial charge in [-0.2, -0.15) is 5.26 Å². The summed E-state index contributed by atoms with van der Waals surface area (Å²) in [7, 11) is 0.